The van der Waals surface area contributed by atoms with Gasteiger partial charge in [-0.25, -0.2) is 0 Å². The highest BCUT2D eigenvalue weighted by Crippen LogP contribution is 2.52. The van der Waals surface area contributed by atoms with Crippen molar-refractivity contribution in [3.8, 4) is 11.1 Å². The van der Waals surface area contributed by atoms with Gasteiger partial charge in [-0.2, -0.15) is 0 Å². The van der Waals surface area contributed by atoms with Crippen molar-refractivity contribution in [1.29, 1.82) is 0 Å². The van der Waals surface area contributed by atoms with E-state index in [1.54, 1.807) is 0 Å². The fraction of sp³-hybridized carbons (Fsp3) is 0.294. The van der Waals surface area contributed by atoms with E-state index < -0.39 is 0 Å². The molecule has 0 spiro atoms. The van der Waals surface area contributed by atoms with Gasteiger partial charge in [-0.05, 0) is 141 Å². The zero-order valence-electron chi connectivity index (χ0n) is 33.4. The third-order valence-corrected chi connectivity index (χ3v) is 11.4. The van der Waals surface area contributed by atoms with Crippen LogP contribution in [0.25, 0.3) is 11.1 Å². The van der Waals surface area contributed by atoms with Gasteiger partial charge in [0.1, 0.15) is 0 Å². The topological polar surface area (TPSA) is 6.48 Å². The molecule has 0 N–H and O–H groups in total. The van der Waals surface area contributed by atoms with Gasteiger partial charge in [-0.15, -0.1) is 0 Å². The molecule has 0 saturated heterocycles. The van der Waals surface area contributed by atoms with Crippen molar-refractivity contribution >= 4 is 34.1 Å². The van der Waals surface area contributed by atoms with Crippen LogP contribution in [0, 0.1) is 0 Å². The maximum atomic E-state index is 2.44. The van der Waals surface area contributed by atoms with Gasteiger partial charge in [0.05, 0.1) is 0 Å². The van der Waals surface area contributed by atoms with E-state index in [0.29, 0.717) is 23.7 Å². The summed E-state index contributed by atoms with van der Waals surface area (Å²) in [4.78, 5) is 4.84. The van der Waals surface area contributed by atoms with Crippen LogP contribution in [0.2, 0.25) is 0 Å². The van der Waals surface area contributed by atoms with Crippen LogP contribution in [0.4, 0.5) is 34.1 Å². The van der Waals surface area contributed by atoms with E-state index in [1.807, 2.05) is 0 Å². The van der Waals surface area contributed by atoms with Gasteiger partial charge >= 0.3 is 0 Å². The summed E-state index contributed by atoms with van der Waals surface area (Å²) in [6, 6.07) is 50.7. The molecule has 0 aliphatic heterocycles. The van der Waals surface area contributed by atoms with Crippen LogP contribution < -0.4 is 9.80 Å². The van der Waals surface area contributed by atoms with Gasteiger partial charge in [-0.3, -0.25) is 0 Å². The molecule has 0 radical (unpaired) electrons. The van der Waals surface area contributed by atoms with Crippen molar-refractivity contribution in [3.05, 3.63) is 167 Å². The minimum Gasteiger partial charge on any atom is -0.310 e. The molecule has 1 aliphatic rings. The summed E-state index contributed by atoms with van der Waals surface area (Å²) >= 11 is 0. The summed E-state index contributed by atoms with van der Waals surface area (Å²) in [6.45, 7) is 22.8. The monoisotopic (exact) mass is 696 g/mol. The lowest BCUT2D eigenvalue weighted by Crippen LogP contribution is -2.17. The molecular formula is C51H56N2. The quantitative estimate of drug-likeness (QED) is 0.141. The number of rotatable bonds is 10. The molecule has 2 heteroatoms. The molecule has 0 saturated carbocycles. The van der Waals surface area contributed by atoms with Crippen LogP contribution in [0.5, 0.6) is 0 Å². The van der Waals surface area contributed by atoms with Crippen LogP contribution in [0.3, 0.4) is 0 Å². The molecule has 0 aromatic heterocycles. The molecule has 6 aromatic rings. The Balaban J connectivity index is 1.31. The lowest BCUT2D eigenvalue weighted by Gasteiger charge is -2.29. The van der Waals surface area contributed by atoms with E-state index in [0.717, 1.165) is 0 Å². The Labute approximate surface area is 319 Å². The van der Waals surface area contributed by atoms with Crippen molar-refractivity contribution in [2.24, 2.45) is 0 Å². The lowest BCUT2D eigenvalue weighted by atomic mass is 9.82. The molecule has 53 heavy (non-hydrogen) atoms. The first-order valence-corrected chi connectivity index (χ1v) is 19.6. The van der Waals surface area contributed by atoms with E-state index >= 15 is 0 Å². The number of benzene rings is 6. The minimum absolute atomic E-state index is 0.194. The Morgan fingerprint density at radius 2 is 0.547 bits per heavy atom. The summed E-state index contributed by atoms with van der Waals surface area (Å²) in [7, 11) is 0. The van der Waals surface area contributed by atoms with Crippen molar-refractivity contribution in [3.63, 3.8) is 0 Å². The summed E-state index contributed by atoms with van der Waals surface area (Å²) in [6.07, 6.45) is 0. The first-order valence-electron chi connectivity index (χ1n) is 19.6. The average molecular weight is 697 g/mol. The largest absolute Gasteiger partial charge is 0.310 e. The molecule has 0 fully saturated rings. The number of fused-ring (bicyclic) bond motifs is 3. The Kier molecular flexibility index (Phi) is 9.85. The number of anilines is 6. The van der Waals surface area contributed by atoms with E-state index in [2.05, 4.69) is 212 Å². The summed E-state index contributed by atoms with van der Waals surface area (Å²) < 4.78 is 0. The van der Waals surface area contributed by atoms with Crippen molar-refractivity contribution in [2.45, 2.75) is 98.3 Å². The fourth-order valence-electron chi connectivity index (χ4n) is 7.92. The maximum absolute atomic E-state index is 2.44. The van der Waals surface area contributed by atoms with Gasteiger partial charge in [0.2, 0.25) is 0 Å². The molecule has 0 atom stereocenters. The van der Waals surface area contributed by atoms with Crippen molar-refractivity contribution in [1.82, 2.24) is 0 Å². The second-order valence-corrected chi connectivity index (χ2v) is 16.7. The molecule has 0 heterocycles. The number of hydrogen-bond donors (Lipinski definition) is 0. The third-order valence-electron chi connectivity index (χ3n) is 11.4. The standard InChI is InChI=1S/C51H56N2/c1-33(2)37-11-19-41(20-12-37)52(42-21-13-38(14-22-42)34(3)4)45-27-29-47-48-30-28-46(32-50(48)51(9,10)49(47)31-45)53(43-23-15-39(16-24-43)35(5)6)44-25-17-40(18-26-44)36(7)8/h11-36H,1-10H3. The first-order chi connectivity index (χ1) is 25.3. The Hall–Kier alpha value is -5.08. The fourth-order valence-corrected chi connectivity index (χ4v) is 7.92. The van der Waals surface area contributed by atoms with Crippen molar-refractivity contribution in [2.75, 3.05) is 9.80 Å². The van der Waals surface area contributed by atoms with Crippen LogP contribution in [-0.2, 0) is 5.41 Å². The predicted molar refractivity (Wildman–Crippen MR) is 230 cm³/mol. The molecule has 6 aromatic carbocycles. The molecule has 270 valence electrons. The van der Waals surface area contributed by atoms with Gasteiger partial charge in [0, 0.05) is 39.5 Å². The summed E-state index contributed by atoms with van der Waals surface area (Å²) in [5.74, 6) is 1.95. The first kappa shape index (κ1) is 36.3. The zero-order chi connectivity index (χ0) is 37.6. The smallest absolute Gasteiger partial charge is 0.0465 e. The van der Waals surface area contributed by atoms with Crippen LogP contribution in [0.1, 0.15) is 126 Å². The Morgan fingerprint density at radius 3 is 0.774 bits per heavy atom. The third kappa shape index (κ3) is 6.93. The molecule has 0 unspecified atom stereocenters. The maximum Gasteiger partial charge on any atom is 0.0465 e. The normalized spacial score (nSPS) is 13.2. The molecule has 0 bridgehead atoms. The Bertz CT molecular complexity index is 1920. The molecule has 0 amide bonds. The van der Waals surface area contributed by atoms with Gasteiger partial charge in [0.25, 0.3) is 0 Å². The van der Waals surface area contributed by atoms with Gasteiger partial charge < -0.3 is 9.80 Å². The summed E-state index contributed by atoms with van der Waals surface area (Å²) in [5.41, 5.74) is 17.6. The van der Waals surface area contributed by atoms with Crippen molar-refractivity contribution < 1.29 is 0 Å². The number of nitrogens with zero attached hydrogens (tertiary/aromatic N) is 2. The van der Waals surface area contributed by atoms with E-state index in [9.17, 15) is 0 Å². The van der Waals surface area contributed by atoms with E-state index in [-0.39, 0.29) is 5.41 Å². The number of hydrogen-bond acceptors (Lipinski definition) is 2. The van der Waals surface area contributed by atoms with E-state index in [4.69, 9.17) is 0 Å². The average Bonchev–Trinajstić information content (AvgIpc) is 3.37. The highest BCUT2D eigenvalue weighted by atomic mass is 15.1. The molecule has 2 nitrogen and oxygen atoms in total. The zero-order valence-corrected chi connectivity index (χ0v) is 33.4. The molecular weight excluding hydrogens is 641 g/mol. The lowest BCUT2D eigenvalue weighted by molar-refractivity contribution is 0.660. The van der Waals surface area contributed by atoms with Gasteiger partial charge in [0.15, 0.2) is 0 Å². The molecule has 7 rings (SSSR count). The Morgan fingerprint density at radius 1 is 0.321 bits per heavy atom. The van der Waals surface area contributed by atoms with Crippen LogP contribution in [-0.4, -0.2) is 0 Å². The second kappa shape index (κ2) is 14.4. The highest BCUT2D eigenvalue weighted by Gasteiger charge is 2.37. The highest BCUT2D eigenvalue weighted by molar-refractivity contribution is 5.88. The SMILES string of the molecule is CC(C)c1ccc(N(c2ccc(C(C)C)cc2)c2ccc3c(c2)C(C)(C)c2cc(N(c4ccc(C(C)C)cc4)c4ccc(C(C)C)cc4)ccc2-3)cc1. The van der Waals surface area contributed by atoms with Crippen LogP contribution >= 0.6 is 0 Å². The van der Waals surface area contributed by atoms with Crippen LogP contribution in [0.15, 0.2) is 133 Å². The predicted octanol–water partition coefficient (Wildman–Crippen LogP) is 15.4. The second-order valence-electron chi connectivity index (χ2n) is 16.7. The minimum atomic E-state index is -0.194. The molecule has 1 aliphatic carbocycles. The van der Waals surface area contributed by atoms with E-state index in [1.165, 1.54) is 78.6 Å². The van der Waals surface area contributed by atoms with Gasteiger partial charge in [-0.1, -0.05) is 130 Å². The summed E-state index contributed by atoms with van der Waals surface area (Å²) in [5, 5.41) is 0.